The first-order chi connectivity index (χ1) is 45.7. The zero-order valence-electron chi connectivity index (χ0n) is 50.3. The molecule has 466 valence electrons. The quantitative estimate of drug-likeness (QED) is 0.0370. The molecule has 0 saturated heterocycles. The van der Waals surface area contributed by atoms with Crippen molar-refractivity contribution >= 4 is 81.5 Å². The second-order valence-corrected chi connectivity index (χ2v) is 21.1. The van der Waals surface area contributed by atoms with Gasteiger partial charge in [-0.1, -0.05) is 109 Å². The molecule has 14 rings (SSSR count). The van der Waals surface area contributed by atoms with E-state index in [-0.39, 0.29) is 5.91 Å². The first-order valence-corrected chi connectivity index (χ1v) is 29.9. The van der Waals surface area contributed by atoms with E-state index in [0.717, 1.165) is 75.5 Å². The van der Waals surface area contributed by atoms with Crippen LogP contribution in [0.25, 0.3) is 22.7 Å². The molecule has 1 aliphatic carbocycles. The first kappa shape index (κ1) is 62.2. The molecule has 5 aromatic carbocycles. The maximum Gasteiger partial charge on any atom is 0.246 e. The molecule has 0 bridgehead atoms. The van der Waals surface area contributed by atoms with Crippen LogP contribution in [0.4, 0.5) is 64.0 Å². The summed E-state index contributed by atoms with van der Waals surface area (Å²) in [7, 11) is 1.66. The van der Waals surface area contributed by atoms with Gasteiger partial charge >= 0.3 is 0 Å². The molecule has 1 amide bonds. The molecule has 13 aromatic rings. The first-order valence-electron chi connectivity index (χ1n) is 29.6. The van der Waals surface area contributed by atoms with E-state index in [1.807, 2.05) is 176 Å². The summed E-state index contributed by atoms with van der Waals surface area (Å²) in [5.74, 6) is 5.22. The van der Waals surface area contributed by atoms with Crippen LogP contribution in [0, 0.1) is 5.92 Å². The predicted molar refractivity (Wildman–Crippen MR) is 360 cm³/mol. The molecule has 0 unspecified atom stereocenters. The van der Waals surface area contributed by atoms with Gasteiger partial charge in [0.05, 0.1) is 29.9 Å². The smallest absolute Gasteiger partial charge is 0.246 e. The molecule has 1 fully saturated rings. The maximum atomic E-state index is 12.2. The summed E-state index contributed by atoms with van der Waals surface area (Å²) in [6, 6.07) is 61.5. The predicted octanol–water partition coefficient (Wildman–Crippen LogP) is 13.0. The SMILES string of the molecule is COc1ccc(CNc2cc(-n3cnc(Nc4ccccc4)n3)ccn2)cc1.Clc1cc(-n2cnc(Nc3ccccc3)n2)ccn1.Nc1cc(-n2cnc(Nc3ccccc3)n2)ccn1.O=C(CC1CCCC1)Nc1cc(-n2cnc(Nc3ccccc3)n2)ccn1. The van der Waals surface area contributed by atoms with Gasteiger partial charge in [-0.15, -0.1) is 20.4 Å². The number of para-hydroxylation sites is 4. The van der Waals surface area contributed by atoms with Crippen molar-refractivity contribution < 1.29 is 9.53 Å². The number of rotatable bonds is 19. The third kappa shape index (κ3) is 18.8. The number of nitrogens with one attached hydrogen (secondary N) is 6. The lowest BCUT2D eigenvalue weighted by Gasteiger charge is -2.09. The lowest BCUT2D eigenvalue weighted by Crippen LogP contribution is -2.16. The van der Waals surface area contributed by atoms with Crippen molar-refractivity contribution in [3.8, 4) is 28.5 Å². The number of nitrogens with zero attached hydrogens (tertiary/aromatic N) is 16. The lowest BCUT2D eigenvalue weighted by atomic mass is 10.0. The number of nitrogen functional groups attached to an aromatic ring is 1. The second-order valence-electron chi connectivity index (χ2n) is 20.7. The molecule has 0 spiro atoms. The van der Waals surface area contributed by atoms with Gasteiger partial charge in [0.25, 0.3) is 0 Å². The molecular formula is C67H64ClN23O2. The fourth-order valence-corrected chi connectivity index (χ4v) is 9.56. The zero-order valence-corrected chi connectivity index (χ0v) is 51.1. The number of carbonyl (C=O) groups excluding carboxylic acids is 1. The van der Waals surface area contributed by atoms with E-state index in [9.17, 15) is 4.79 Å². The van der Waals surface area contributed by atoms with Gasteiger partial charge < -0.3 is 42.4 Å². The monoisotopic (exact) mass is 1260 g/mol. The van der Waals surface area contributed by atoms with Gasteiger partial charge in [-0.3, -0.25) is 4.79 Å². The number of hydrogen-bond donors (Lipinski definition) is 7. The van der Waals surface area contributed by atoms with Gasteiger partial charge in [0.1, 0.15) is 53.7 Å². The van der Waals surface area contributed by atoms with Crippen molar-refractivity contribution in [3.05, 3.63) is 255 Å². The number of hydrogen-bond acceptors (Lipinski definition) is 20. The zero-order chi connectivity index (χ0) is 63.8. The Bertz CT molecular complexity index is 4290. The van der Waals surface area contributed by atoms with Crippen LogP contribution in [0.1, 0.15) is 37.7 Å². The van der Waals surface area contributed by atoms with Crippen molar-refractivity contribution in [3.63, 3.8) is 0 Å². The number of methoxy groups -OCH3 is 1. The topological polar surface area (TPSA) is 299 Å². The van der Waals surface area contributed by atoms with E-state index >= 15 is 0 Å². The number of aromatic nitrogens is 16. The second kappa shape index (κ2) is 31.7. The third-order valence-corrected chi connectivity index (χ3v) is 14.2. The molecule has 8 N–H and O–H groups in total. The van der Waals surface area contributed by atoms with Crippen LogP contribution in [0.3, 0.4) is 0 Å². The number of halogens is 1. The molecule has 8 aromatic heterocycles. The van der Waals surface area contributed by atoms with Gasteiger partial charge in [0.15, 0.2) is 0 Å². The maximum absolute atomic E-state index is 12.2. The number of nitrogens with two attached hydrogens (primary N) is 1. The largest absolute Gasteiger partial charge is 0.497 e. The minimum absolute atomic E-state index is 0.0246. The summed E-state index contributed by atoms with van der Waals surface area (Å²) >= 11 is 5.84. The van der Waals surface area contributed by atoms with E-state index in [1.165, 1.54) is 12.8 Å². The highest BCUT2D eigenvalue weighted by atomic mass is 35.5. The summed E-state index contributed by atoms with van der Waals surface area (Å²) in [6.45, 7) is 0.665. The lowest BCUT2D eigenvalue weighted by molar-refractivity contribution is -0.117. The summed E-state index contributed by atoms with van der Waals surface area (Å²) in [5, 5.41) is 36.8. The van der Waals surface area contributed by atoms with Gasteiger partial charge in [0.2, 0.25) is 29.7 Å². The molecule has 1 saturated carbocycles. The third-order valence-electron chi connectivity index (χ3n) is 14.0. The molecule has 1 aliphatic rings. The van der Waals surface area contributed by atoms with Gasteiger partial charge in [-0.05, 0) is 109 Å². The highest BCUT2D eigenvalue weighted by Crippen LogP contribution is 2.28. The summed E-state index contributed by atoms with van der Waals surface area (Å²) in [4.78, 5) is 45.7. The van der Waals surface area contributed by atoms with Gasteiger partial charge in [-0.2, -0.15) is 19.9 Å². The van der Waals surface area contributed by atoms with E-state index < -0.39 is 0 Å². The van der Waals surface area contributed by atoms with Crippen molar-refractivity contribution in [1.29, 1.82) is 0 Å². The van der Waals surface area contributed by atoms with E-state index in [4.69, 9.17) is 22.1 Å². The molecule has 8 heterocycles. The Morgan fingerprint density at radius 1 is 0.473 bits per heavy atom. The highest BCUT2D eigenvalue weighted by molar-refractivity contribution is 6.29. The van der Waals surface area contributed by atoms with Crippen molar-refractivity contribution in [2.24, 2.45) is 5.92 Å². The Morgan fingerprint density at radius 2 is 0.860 bits per heavy atom. The minimum atomic E-state index is 0.0246. The van der Waals surface area contributed by atoms with Crippen LogP contribution in [-0.2, 0) is 11.3 Å². The van der Waals surface area contributed by atoms with Crippen molar-refractivity contribution in [2.45, 2.75) is 38.6 Å². The summed E-state index contributed by atoms with van der Waals surface area (Å²) in [6.07, 6.45) is 18.6. The Labute approximate surface area is 540 Å². The number of amides is 1. The normalized spacial score (nSPS) is 11.5. The Morgan fingerprint density at radius 3 is 1.28 bits per heavy atom. The molecule has 0 aliphatic heterocycles. The molecule has 0 atom stereocenters. The van der Waals surface area contributed by atoms with Crippen LogP contribution < -0.4 is 42.4 Å². The fourth-order valence-electron chi connectivity index (χ4n) is 9.39. The Kier molecular flexibility index (Phi) is 21.2. The molecular weight excluding hydrogens is 1190 g/mol. The molecule has 25 nitrogen and oxygen atoms in total. The van der Waals surface area contributed by atoms with E-state index in [1.54, 1.807) is 94.1 Å². The Balaban J connectivity index is 0.000000129. The number of carbonyl (C=O) groups is 1. The summed E-state index contributed by atoms with van der Waals surface area (Å²) in [5.41, 5.74) is 13.8. The number of anilines is 11. The average molecular weight is 1260 g/mol. The molecule has 0 radical (unpaired) electrons. The Hall–Kier alpha value is -12.4. The molecule has 26 heteroatoms. The minimum Gasteiger partial charge on any atom is -0.497 e. The van der Waals surface area contributed by atoms with Crippen molar-refractivity contribution in [1.82, 2.24) is 79.0 Å². The average Bonchev–Trinajstić information content (AvgIpc) is 2.90. The van der Waals surface area contributed by atoms with Crippen molar-refractivity contribution in [2.75, 3.05) is 44.7 Å². The number of pyridine rings is 4. The number of ether oxygens (including phenoxy) is 1. The standard InChI is InChI=1S/C21H20N6O.C20H22N6O.C13H10ClN5.C13H12N6/c1-28-19-9-7-16(8-10-19)14-23-20-13-18(11-12-22-20)27-15-24-21(26-27)25-17-5-3-2-4-6-17;27-19(12-15-6-4-5-7-15)24-18-13-17(10-11-21-18)26-14-22-20(25-26)23-16-8-2-1-3-9-16;2*14-12-8-11(6-7-15-12)19-9-16-13(18-19)17-10-4-2-1-3-5-10/h2-13,15H,14H2,1H3,(H,22,23)(H,25,26);1-3,8-11,13-15H,4-7,12H2,(H,23,25)(H,21,24,27);1-9H,(H,17,18);1-9H,(H2,14,15)(H,17,18). The van der Waals surface area contributed by atoms with Crippen LogP contribution in [-0.4, -0.2) is 92.0 Å². The fraction of sp³-hybridized carbons (Fsp3) is 0.119. The number of benzene rings is 5. The van der Waals surface area contributed by atoms with Crippen LogP contribution >= 0.6 is 11.6 Å². The highest BCUT2D eigenvalue weighted by Gasteiger charge is 2.19. The van der Waals surface area contributed by atoms with E-state index in [0.29, 0.717) is 59.5 Å². The van der Waals surface area contributed by atoms with Crippen LogP contribution in [0.2, 0.25) is 5.15 Å². The van der Waals surface area contributed by atoms with E-state index in [2.05, 4.69) is 92.2 Å². The van der Waals surface area contributed by atoms with Crippen LogP contribution in [0.15, 0.2) is 244 Å². The van der Waals surface area contributed by atoms with Gasteiger partial charge in [-0.25, -0.2) is 38.7 Å². The molecule has 93 heavy (non-hydrogen) atoms. The van der Waals surface area contributed by atoms with Gasteiger partial charge in [0, 0.05) is 84.8 Å². The van der Waals surface area contributed by atoms with Crippen LogP contribution in [0.5, 0.6) is 5.75 Å². The summed E-state index contributed by atoms with van der Waals surface area (Å²) < 4.78 is 11.8.